The van der Waals surface area contributed by atoms with Crippen molar-refractivity contribution in [2.24, 2.45) is 0 Å². The van der Waals surface area contributed by atoms with Gasteiger partial charge in [0.15, 0.2) is 0 Å². The molecule has 1 saturated heterocycles. The minimum atomic E-state index is -1.02. The summed E-state index contributed by atoms with van der Waals surface area (Å²) >= 11 is 4.82. The number of rotatable bonds is 6. The van der Waals surface area contributed by atoms with Crippen LogP contribution in [0, 0.1) is 0 Å². The van der Waals surface area contributed by atoms with Crippen LogP contribution in [0.3, 0.4) is 0 Å². The van der Waals surface area contributed by atoms with Crippen LogP contribution in [0.4, 0.5) is 4.79 Å². The Morgan fingerprint density at radius 1 is 1.36 bits per heavy atom. The maximum atomic E-state index is 12.1. The first-order chi connectivity index (χ1) is 13.2. The van der Waals surface area contributed by atoms with E-state index in [4.69, 9.17) is 9.47 Å². The molecule has 8 nitrogen and oxygen atoms in total. The molecule has 2 heterocycles. The van der Waals surface area contributed by atoms with Gasteiger partial charge in [0.1, 0.15) is 29.4 Å². The third kappa shape index (κ3) is 4.17. The lowest BCUT2D eigenvalue weighted by Crippen LogP contribution is -2.41. The highest BCUT2D eigenvalue weighted by molar-refractivity contribution is 9.10. The molecule has 1 aromatic heterocycles. The number of aromatic nitrogens is 1. The Morgan fingerprint density at radius 2 is 2.11 bits per heavy atom. The molecule has 148 valence electrons. The molecular weight excluding hydrogens is 450 g/mol. The van der Waals surface area contributed by atoms with Crippen molar-refractivity contribution in [2.75, 3.05) is 13.7 Å². The fourth-order valence-electron chi connectivity index (χ4n) is 2.63. The number of halogens is 1. The molecule has 1 N–H and O–H groups in total. The van der Waals surface area contributed by atoms with Crippen LogP contribution in [-0.4, -0.2) is 47.0 Å². The first kappa shape index (κ1) is 20.3. The standard InChI is InChI=1S/C18H18BrN3O5S/c1-18(2)16(24)22(17(25)21-18)7-14(23)27-8-11-9-28-15(20-11)12-6-10(19)4-5-13(12)26-3/h4-6,9H,7-8H2,1-3H3,(H,21,25). The van der Waals surface area contributed by atoms with Gasteiger partial charge in [0.2, 0.25) is 0 Å². The number of methoxy groups -OCH3 is 1. The predicted octanol–water partition coefficient (Wildman–Crippen LogP) is 2.95. The monoisotopic (exact) mass is 467 g/mol. The Labute approximate surface area is 174 Å². The number of imide groups is 1. The lowest BCUT2D eigenvalue weighted by Gasteiger charge is -2.15. The van der Waals surface area contributed by atoms with E-state index >= 15 is 0 Å². The van der Waals surface area contributed by atoms with Crippen molar-refractivity contribution in [1.29, 1.82) is 0 Å². The zero-order valence-electron chi connectivity index (χ0n) is 15.4. The summed E-state index contributed by atoms with van der Waals surface area (Å²) in [6, 6.07) is 4.99. The highest BCUT2D eigenvalue weighted by Gasteiger charge is 2.45. The molecule has 2 aromatic rings. The Kier molecular flexibility index (Phi) is 5.71. The number of esters is 1. The van der Waals surface area contributed by atoms with E-state index in [0.717, 1.165) is 19.9 Å². The Bertz CT molecular complexity index is 943. The Morgan fingerprint density at radius 3 is 2.75 bits per heavy atom. The van der Waals surface area contributed by atoms with E-state index in [1.165, 1.54) is 11.3 Å². The molecule has 0 spiro atoms. The lowest BCUT2D eigenvalue weighted by molar-refractivity contribution is -0.148. The lowest BCUT2D eigenvalue weighted by atomic mass is 10.1. The van der Waals surface area contributed by atoms with Gasteiger partial charge in [-0.2, -0.15) is 0 Å². The van der Waals surface area contributed by atoms with Gasteiger partial charge in [-0.15, -0.1) is 11.3 Å². The highest BCUT2D eigenvalue weighted by Crippen LogP contribution is 2.34. The second-order valence-corrected chi connectivity index (χ2v) is 8.37. The minimum absolute atomic E-state index is 0.0569. The van der Waals surface area contributed by atoms with Crippen LogP contribution in [0.2, 0.25) is 0 Å². The number of carbonyl (C=O) groups excluding carboxylic acids is 3. The van der Waals surface area contributed by atoms with Gasteiger partial charge in [0, 0.05) is 9.85 Å². The molecule has 0 saturated carbocycles. The van der Waals surface area contributed by atoms with Crippen LogP contribution in [0.5, 0.6) is 5.75 Å². The second-order valence-electron chi connectivity index (χ2n) is 6.60. The van der Waals surface area contributed by atoms with Crippen LogP contribution in [0.25, 0.3) is 10.6 Å². The summed E-state index contributed by atoms with van der Waals surface area (Å²) < 4.78 is 11.4. The fraction of sp³-hybridized carbons (Fsp3) is 0.333. The van der Waals surface area contributed by atoms with Crippen molar-refractivity contribution < 1.29 is 23.9 Å². The first-order valence-electron chi connectivity index (χ1n) is 8.29. The van der Waals surface area contributed by atoms with E-state index < -0.39 is 30.0 Å². The van der Waals surface area contributed by atoms with Crippen molar-refractivity contribution >= 4 is 45.2 Å². The van der Waals surface area contributed by atoms with Gasteiger partial charge in [-0.05, 0) is 32.0 Å². The van der Waals surface area contributed by atoms with E-state index in [9.17, 15) is 14.4 Å². The summed E-state index contributed by atoms with van der Waals surface area (Å²) in [4.78, 5) is 41.3. The number of nitrogens with zero attached hydrogens (tertiary/aromatic N) is 2. The molecule has 1 aromatic carbocycles. The zero-order valence-corrected chi connectivity index (χ0v) is 17.8. The second kappa shape index (κ2) is 7.88. The van der Waals surface area contributed by atoms with Crippen LogP contribution in [0.1, 0.15) is 19.5 Å². The quantitative estimate of drug-likeness (QED) is 0.517. The molecule has 0 atom stereocenters. The van der Waals surface area contributed by atoms with Crippen LogP contribution >= 0.6 is 27.3 Å². The van der Waals surface area contributed by atoms with Gasteiger partial charge in [0.25, 0.3) is 5.91 Å². The van der Waals surface area contributed by atoms with Crippen molar-refractivity contribution in [3.63, 3.8) is 0 Å². The van der Waals surface area contributed by atoms with Gasteiger partial charge in [-0.1, -0.05) is 15.9 Å². The van der Waals surface area contributed by atoms with E-state index in [-0.39, 0.29) is 6.61 Å². The largest absolute Gasteiger partial charge is 0.496 e. The summed E-state index contributed by atoms with van der Waals surface area (Å²) in [6.45, 7) is 2.65. The number of nitrogens with one attached hydrogen (secondary N) is 1. The number of hydrogen-bond acceptors (Lipinski definition) is 7. The van der Waals surface area contributed by atoms with E-state index in [2.05, 4.69) is 26.2 Å². The van der Waals surface area contributed by atoms with Gasteiger partial charge >= 0.3 is 12.0 Å². The van der Waals surface area contributed by atoms with Crippen LogP contribution in [0.15, 0.2) is 28.1 Å². The van der Waals surface area contributed by atoms with E-state index in [0.29, 0.717) is 11.4 Å². The number of thiazole rings is 1. The van der Waals surface area contributed by atoms with E-state index in [1.807, 2.05) is 18.2 Å². The molecule has 0 aliphatic carbocycles. The molecule has 1 aliphatic heterocycles. The maximum absolute atomic E-state index is 12.1. The maximum Gasteiger partial charge on any atom is 0.326 e. The Balaban J connectivity index is 1.62. The Hall–Kier alpha value is -2.46. The molecule has 1 fully saturated rings. The topological polar surface area (TPSA) is 97.8 Å². The fourth-order valence-corrected chi connectivity index (χ4v) is 3.82. The normalized spacial score (nSPS) is 15.5. The molecule has 1 aliphatic rings. The van der Waals surface area contributed by atoms with Crippen molar-refractivity contribution in [3.05, 3.63) is 33.7 Å². The summed E-state index contributed by atoms with van der Waals surface area (Å²) in [6.07, 6.45) is 0. The average molecular weight is 468 g/mol. The molecule has 3 amide bonds. The highest BCUT2D eigenvalue weighted by atomic mass is 79.9. The predicted molar refractivity (Wildman–Crippen MR) is 106 cm³/mol. The number of hydrogen-bond donors (Lipinski definition) is 1. The zero-order chi connectivity index (χ0) is 20.5. The molecule has 10 heteroatoms. The third-order valence-corrected chi connectivity index (χ3v) is 5.47. The summed E-state index contributed by atoms with van der Waals surface area (Å²) in [7, 11) is 1.58. The molecule has 3 rings (SSSR count). The number of amides is 3. The van der Waals surface area contributed by atoms with Gasteiger partial charge in [0.05, 0.1) is 18.4 Å². The minimum Gasteiger partial charge on any atom is -0.496 e. The van der Waals surface area contributed by atoms with Gasteiger partial charge in [-0.25, -0.2) is 9.78 Å². The molecular formula is C18H18BrN3O5S. The number of benzene rings is 1. The third-order valence-electron chi connectivity index (χ3n) is 4.06. The number of ether oxygens (including phenoxy) is 2. The van der Waals surface area contributed by atoms with Gasteiger partial charge < -0.3 is 14.8 Å². The molecule has 0 radical (unpaired) electrons. The number of urea groups is 1. The summed E-state index contributed by atoms with van der Waals surface area (Å²) in [5.74, 6) is -0.467. The summed E-state index contributed by atoms with van der Waals surface area (Å²) in [5, 5.41) is 5.01. The van der Waals surface area contributed by atoms with Crippen molar-refractivity contribution in [1.82, 2.24) is 15.2 Å². The van der Waals surface area contributed by atoms with Crippen molar-refractivity contribution in [3.8, 4) is 16.3 Å². The van der Waals surface area contributed by atoms with Crippen molar-refractivity contribution in [2.45, 2.75) is 26.0 Å². The molecule has 0 bridgehead atoms. The summed E-state index contributed by atoms with van der Waals surface area (Å²) in [5.41, 5.74) is 0.360. The number of carbonyl (C=O) groups is 3. The van der Waals surface area contributed by atoms with Crippen LogP contribution in [-0.2, 0) is 20.9 Å². The average Bonchev–Trinajstić information content (AvgIpc) is 3.18. The molecule has 28 heavy (non-hydrogen) atoms. The molecule has 0 unspecified atom stereocenters. The van der Waals surface area contributed by atoms with Gasteiger partial charge in [-0.3, -0.25) is 14.5 Å². The SMILES string of the molecule is COc1ccc(Br)cc1-c1nc(COC(=O)CN2C(=O)NC(C)(C)C2=O)cs1. The smallest absolute Gasteiger partial charge is 0.326 e. The van der Waals surface area contributed by atoms with E-state index in [1.54, 1.807) is 26.3 Å². The first-order valence-corrected chi connectivity index (χ1v) is 9.96. The van der Waals surface area contributed by atoms with Crippen LogP contribution < -0.4 is 10.1 Å².